The fourth-order valence-electron chi connectivity index (χ4n) is 3.08. The fourth-order valence-corrected chi connectivity index (χ4v) is 3.08. The molecule has 0 aliphatic carbocycles. The van der Waals surface area contributed by atoms with E-state index >= 15 is 0 Å². The monoisotopic (exact) mass is 414 g/mol. The average Bonchev–Trinajstić information content (AvgIpc) is 3.24. The standard InChI is InChI=1S/C25H22N2O4/c1-17(31-25(29)23-15-19-9-5-6-10-22(19)27-23)24(28)26-20-11-13-21(14-12-20)30-16-18-7-3-2-4-8-18/h2-15,17,27H,16H2,1H3,(H,26,28)/t17-/m0/s1. The second-order valence-electron chi connectivity index (χ2n) is 7.11. The van der Waals surface area contributed by atoms with Gasteiger partial charge in [0.1, 0.15) is 18.1 Å². The minimum Gasteiger partial charge on any atom is -0.489 e. The molecule has 1 aromatic heterocycles. The summed E-state index contributed by atoms with van der Waals surface area (Å²) < 4.78 is 11.0. The van der Waals surface area contributed by atoms with Gasteiger partial charge in [0, 0.05) is 16.6 Å². The highest BCUT2D eigenvalue weighted by atomic mass is 16.5. The zero-order valence-corrected chi connectivity index (χ0v) is 17.0. The van der Waals surface area contributed by atoms with E-state index < -0.39 is 18.0 Å². The molecular weight excluding hydrogens is 392 g/mol. The lowest BCUT2D eigenvalue weighted by atomic mass is 10.2. The van der Waals surface area contributed by atoms with Crippen molar-refractivity contribution in [3.8, 4) is 5.75 Å². The summed E-state index contributed by atoms with van der Waals surface area (Å²) in [6.45, 7) is 2.00. The molecule has 0 bridgehead atoms. The van der Waals surface area contributed by atoms with Crippen molar-refractivity contribution in [2.75, 3.05) is 5.32 Å². The summed E-state index contributed by atoms with van der Waals surface area (Å²) in [5.41, 5.74) is 2.80. The van der Waals surface area contributed by atoms with Crippen LogP contribution < -0.4 is 10.1 Å². The van der Waals surface area contributed by atoms with Gasteiger partial charge in [0.05, 0.1) is 0 Å². The van der Waals surface area contributed by atoms with Gasteiger partial charge in [-0.3, -0.25) is 4.79 Å². The zero-order valence-electron chi connectivity index (χ0n) is 17.0. The number of anilines is 1. The topological polar surface area (TPSA) is 80.4 Å². The van der Waals surface area contributed by atoms with Crippen LogP contribution in [0.5, 0.6) is 5.75 Å². The fraction of sp³-hybridized carbons (Fsp3) is 0.120. The van der Waals surface area contributed by atoms with Gasteiger partial charge in [0.15, 0.2) is 6.10 Å². The second-order valence-corrected chi connectivity index (χ2v) is 7.11. The number of carbonyl (C=O) groups is 2. The molecule has 1 atom stereocenters. The molecule has 4 aromatic rings. The minimum absolute atomic E-state index is 0.306. The van der Waals surface area contributed by atoms with Crippen molar-refractivity contribution < 1.29 is 19.1 Å². The number of hydrogen-bond acceptors (Lipinski definition) is 4. The third-order valence-electron chi connectivity index (χ3n) is 4.77. The Bertz CT molecular complexity index is 1150. The van der Waals surface area contributed by atoms with Crippen LogP contribution in [0.25, 0.3) is 10.9 Å². The third kappa shape index (κ3) is 5.11. The number of esters is 1. The molecule has 4 rings (SSSR count). The van der Waals surface area contributed by atoms with E-state index in [9.17, 15) is 9.59 Å². The van der Waals surface area contributed by atoms with Gasteiger partial charge < -0.3 is 19.8 Å². The maximum absolute atomic E-state index is 12.4. The van der Waals surface area contributed by atoms with Gasteiger partial charge in [-0.1, -0.05) is 48.5 Å². The largest absolute Gasteiger partial charge is 0.489 e. The number of fused-ring (bicyclic) bond motifs is 1. The average molecular weight is 414 g/mol. The predicted molar refractivity (Wildman–Crippen MR) is 119 cm³/mol. The van der Waals surface area contributed by atoms with Crippen molar-refractivity contribution in [1.29, 1.82) is 0 Å². The lowest BCUT2D eigenvalue weighted by molar-refractivity contribution is -0.123. The number of ether oxygens (including phenoxy) is 2. The molecule has 0 unspecified atom stereocenters. The molecule has 2 N–H and O–H groups in total. The molecule has 156 valence electrons. The van der Waals surface area contributed by atoms with Crippen molar-refractivity contribution >= 4 is 28.5 Å². The van der Waals surface area contributed by atoms with E-state index in [-0.39, 0.29) is 0 Å². The van der Waals surface area contributed by atoms with Crippen LogP contribution in [0.15, 0.2) is 84.9 Å². The van der Waals surface area contributed by atoms with E-state index in [2.05, 4.69) is 10.3 Å². The highest BCUT2D eigenvalue weighted by molar-refractivity contribution is 5.98. The van der Waals surface area contributed by atoms with Crippen molar-refractivity contribution in [2.24, 2.45) is 0 Å². The Balaban J connectivity index is 1.30. The van der Waals surface area contributed by atoms with Crippen molar-refractivity contribution in [1.82, 2.24) is 4.98 Å². The quantitative estimate of drug-likeness (QED) is 0.420. The van der Waals surface area contributed by atoms with Crippen LogP contribution in [-0.4, -0.2) is 23.0 Å². The molecule has 0 radical (unpaired) electrons. The number of carbonyl (C=O) groups excluding carboxylic acids is 2. The molecule has 0 aliphatic rings. The first-order valence-corrected chi connectivity index (χ1v) is 9.95. The van der Waals surface area contributed by atoms with E-state index in [0.717, 1.165) is 16.5 Å². The molecule has 3 aromatic carbocycles. The molecule has 6 heteroatoms. The number of aromatic amines is 1. The van der Waals surface area contributed by atoms with E-state index in [1.807, 2.05) is 54.6 Å². The third-order valence-corrected chi connectivity index (χ3v) is 4.77. The highest BCUT2D eigenvalue weighted by Crippen LogP contribution is 2.18. The molecule has 0 fully saturated rings. The van der Waals surface area contributed by atoms with Crippen LogP contribution in [0.2, 0.25) is 0 Å². The van der Waals surface area contributed by atoms with Crippen molar-refractivity contribution in [2.45, 2.75) is 19.6 Å². The molecule has 0 saturated heterocycles. The molecule has 0 saturated carbocycles. The molecule has 1 amide bonds. The number of rotatable bonds is 7. The van der Waals surface area contributed by atoms with E-state index in [0.29, 0.717) is 23.7 Å². The summed E-state index contributed by atoms with van der Waals surface area (Å²) in [6.07, 6.45) is -0.951. The molecular formula is C25H22N2O4. The number of H-pyrrole nitrogens is 1. The molecule has 6 nitrogen and oxygen atoms in total. The van der Waals surface area contributed by atoms with Crippen LogP contribution in [0.1, 0.15) is 23.0 Å². The maximum atomic E-state index is 12.4. The van der Waals surface area contributed by atoms with Crippen LogP contribution in [0.4, 0.5) is 5.69 Å². The Kier molecular flexibility index (Phi) is 5.98. The lowest BCUT2D eigenvalue weighted by Gasteiger charge is -2.13. The molecule has 1 heterocycles. The Morgan fingerprint density at radius 1 is 0.935 bits per heavy atom. The Hall–Kier alpha value is -4.06. The second kappa shape index (κ2) is 9.17. The number of nitrogens with one attached hydrogen (secondary N) is 2. The Morgan fingerprint density at radius 3 is 2.39 bits per heavy atom. The smallest absolute Gasteiger partial charge is 0.355 e. The SMILES string of the molecule is C[C@H](OC(=O)c1cc2ccccc2[nH]1)C(=O)Nc1ccc(OCc2ccccc2)cc1. The number of benzene rings is 3. The number of hydrogen-bond donors (Lipinski definition) is 2. The normalized spacial score (nSPS) is 11.6. The predicted octanol–water partition coefficient (Wildman–Crippen LogP) is 4.93. The number of para-hydroxylation sites is 1. The van der Waals surface area contributed by atoms with Gasteiger partial charge in [-0.05, 0) is 48.9 Å². The summed E-state index contributed by atoms with van der Waals surface area (Å²) >= 11 is 0. The van der Waals surface area contributed by atoms with E-state index in [1.54, 1.807) is 30.3 Å². The van der Waals surface area contributed by atoms with Crippen molar-refractivity contribution in [3.05, 3.63) is 96.2 Å². The Morgan fingerprint density at radius 2 is 1.65 bits per heavy atom. The van der Waals surface area contributed by atoms with Gasteiger partial charge >= 0.3 is 5.97 Å². The summed E-state index contributed by atoms with van der Waals surface area (Å²) in [6, 6.07) is 26.1. The first-order valence-electron chi connectivity index (χ1n) is 9.95. The van der Waals surface area contributed by atoms with Gasteiger partial charge in [0.25, 0.3) is 5.91 Å². The van der Waals surface area contributed by atoms with Crippen LogP contribution in [0, 0.1) is 0 Å². The number of aromatic nitrogens is 1. The van der Waals surface area contributed by atoms with Crippen LogP contribution in [-0.2, 0) is 16.1 Å². The molecule has 0 aliphatic heterocycles. The molecule has 0 spiro atoms. The van der Waals surface area contributed by atoms with Gasteiger partial charge in [-0.2, -0.15) is 0 Å². The van der Waals surface area contributed by atoms with E-state index in [1.165, 1.54) is 6.92 Å². The minimum atomic E-state index is -0.951. The summed E-state index contributed by atoms with van der Waals surface area (Å²) in [4.78, 5) is 27.8. The first-order chi connectivity index (χ1) is 15.1. The summed E-state index contributed by atoms with van der Waals surface area (Å²) in [7, 11) is 0. The Labute approximate surface area is 179 Å². The summed E-state index contributed by atoms with van der Waals surface area (Å²) in [5.74, 6) is -0.300. The zero-order chi connectivity index (χ0) is 21.6. The highest BCUT2D eigenvalue weighted by Gasteiger charge is 2.20. The van der Waals surface area contributed by atoms with E-state index in [4.69, 9.17) is 9.47 Å². The van der Waals surface area contributed by atoms with Crippen molar-refractivity contribution in [3.63, 3.8) is 0 Å². The molecule has 31 heavy (non-hydrogen) atoms. The summed E-state index contributed by atoms with van der Waals surface area (Å²) in [5, 5.41) is 3.65. The van der Waals surface area contributed by atoms with Gasteiger partial charge in [-0.15, -0.1) is 0 Å². The lowest BCUT2D eigenvalue weighted by Crippen LogP contribution is -2.30. The van der Waals surface area contributed by atoms with Gasteiger partial charge in [0.2, 0.25) is 0 Å². The van der Waals surface area contributed by atoms with Crippen LogP contribution >= 0.6 is 0 Å². The van der Waals surface area contributed by atoms with Crippen LogP contribution in [0.3, 0.4) is 0 Å². The number of amides is 1. The maximum Gasteiger partial charge on any atom is 0.355 e. The van der Waals surface area contributed by atoms with Gasteiger partial charge in [-0.25, -0.2) is 4.79 Å². The first kappa shape index (κ1) is 20.2.